The maximum absolute atomic E-state index is 13.0. The lowest BCUT2D eigenvalue weighted by molar-refractivity contribution is -0.118. The normalized spacial score (nSPS) is 14.8. The van der Waals surface area contributed by atoms with E-state index in [-0.39, 0.29) is 24.4 Å². The molecule has 2 aromatic carbocycles. The Balaban J connectivity index is 1.36. The van der Waals surface area contributed by atoms with Crippen molar-refractivity contribution in [3.8, 4) is 0 Å². The standard InChI is InChI=1S/C27H32N2O4/c1-27(2,3)29(26(32)33-18-19-8-5-4-6-9-19)14-7-10-23(30)22-16-20-11-12-24(31)28-15-13-21(17-22)25(20)28/h4-6,8-9,16-17H,7,10-15,18H2,1-3H3. The lowest BCUT2D eigenvalue weighted by Crippen LogP contribution is -2.46. The molecule has 2 heterocycles. The second-order valence-corrected chi connectivity index (χ2v) is 9.83. The summed E-state index contributed by atoms with van der Waals surface area (Å²) in [6, 6.07) is 13.5. The molecule has 0 N–H and O–H groups in total. The van der Waals surface area contributed by atoms with E-state index in [1.165, 1.54) is 0 Å². The van der Waals surface area contributed by atoms with E-state index in [1.807, 2.05) is 68.1 Å². The van der Waals surface area contributed by atoms with Gasteiger partial charge >= 0.3 is 6.09 Å². The van der Waals surface area contributed by atoms with E-state index in [4.69, 9.17) is 4.74 Å². The van der Waals surface area contributed by atoms with Crippen molar-refractivity contribution in [2.45, 2.75) is 65.0 Å². The van der Waals surface area contributed by atoms with Gasteiger partial charge in [0, 0.05) is 37.0 Å². The molecular weight excluding hydrogens is 416 g/mol. The summed E-state index contributed by atoms with van der Waals surface area (Å²) in [4.78, 5) is 41.4. The van der Waals surface area contributed by atoms with Crippen LogP contribution in [0.25, 0.3) is 0 Å². The largest absolute Gasteiger partial charge is 0.445 e. The third kappa shape index (κ3) is 5.10. The van der Waals surface area contributed by atoms with Gasteiger partial charge in [-0.2, -0.15) is 0 Å². The van der Waals surface area contributed by atoms with Crippen LogP contribution >= 0.6 is 0 Å². The average molecular weight is 449 g/mol. The quantitative estimate of drug-likeness (QED) is 0.564. The van der Waals surface area contributed by atoms with Crippen LogP contribution < -0.4 is 4.90 Å². The number of ether oxygens (including phenoxy) is 1. The van der Waals surface area contributed by atoms with Crippen molar-refractivity contribution in [2.75, 3.05) is 18.0 Å². The number of carbonyl (C=O) groups is 3. The summed E-state index contributed by atoms with van der Waals surface area (Å²) < 4.78 is 5.53. The Kier molecular flexibility index (Phi) is 6.54. The van der Waals surface area contributed by atoms with E-state index in [0.29, 0.717) is 44.3 Å². The summed E-state index contributed by atoms with van der Waals surface area (Å²) in [6.07, 6.45) is 2.57. The number of rotatable bonds is 7. The number of benzene rings is 2. The first-order chi connectivity index (χ1) is 15.7. The van der Waals surface area contributed by atoms with Gasteiger partial charge in [0.2, 0.25) is 5.91 Å². The van der Waals surface area contributed by atoms with Gasteiger partial charge in [-0.3, -0.25) is 9.59 Å². The van der Waals surface area contributed by atoms with Gasteiger partial charge in [-0.15, -0.1) is 0 Å². The second-order valence-electron chi connectivity index (χ2n) is 9.83. The predicted molar refractivity (Wildman–Crippen MR) is 127 cm³/mol. The molecule has 0 saturated carbocycles. The Morgan fingerprint density at radius 2 is 1.73 bits per heavy atom. The first-order valence-electron chi connectivity index (χ1n) is 11.7. The number of ketones is 1. The summed E-state index contributed by atoms with van der Waals surface area (Å²) in [5.74, 6) is 0.262. The van der Waals surface area contributed by atoms with Crippen LogP contribution in [0.3, 0.4) is 0 Å². The van der Waals surface area contributed by atoms with Gasteiger partial charge in [0.25, 0.3) is 0 Å². The van der Waals surface area contributed by atoms with Gasteiger partial charge in [-0.25, -0.2) is 4.79 Å². The molecule has 0 aromatic heterocycles. The zero-order valence-electron chi connectivity index (χ0n) is 19.7. The number of carbonyl (C=O) groups excluding carboxylic acids is 3. The van der Waals surface area contributed by atoms with Crippen LogP contribution in [-0.4, -0.2) is 41.3 Å². The summed E-state index contributed by atoms with van der Waals surface area (Å²) in [6.45, 7) is 7.29. The van der Waals surface area contributed by atoms with E-state index in [2.05, 4.69) is 0 Å². The van der Waals surface area contributed by atoms with E-state index in [1.54, 1.807) is 4.90 Å². The van der Waals surface area contributed by atoms with Crippen molar-refractivity contribution in [1.29, 1.82) is 0 Å². The smallest absolute Gasteiger partial charge is 0.410 e. The number of nitrogens with zero attached hydrogens (tertiary/aromatic N) is 2. The molecule has 0 fully saturated rings. The zero-order chi connectivity index (χ0) is 23.6. The second kappa shape index (κ2) is 9.38. The molecular formula is C27H32N2O4. The van der Waals surface area contributed by atoms with Gasteiger partial charge in [0.1, 0.15) is 6.61 Å². The SMILES string of the molecule is CC(C)(C)N(CCCC(=O)c1cc2c3c(c1)CCN3C(=O)CC2)C(=O)OCc1ccccc1. The number of amides is 2. The Bertz CT molecular complexity index is 1060. The number of aryl methyl sites for hydroxylation is 1. The Morgan fingerprint density at radius 3 is 2.42 bits per heavy atom. The molecule has 6 nitrogen and oxygen atoms in total. The van der Waals surface area contributed by atoms with Crippen molar-refractivity contribution in [2.24, 2.45) is 0 Å². The molecule has 33 heavy (non-hydrogen) atoms. The fraction of sp³-hybridized carbons (Fsp3) is 0.444. The number of hydrogen-bond acceptors (Lipinski definition) is 4. The molecule has 0 spiro atoms. The minimum absolute atomic E-state index is 0.0795. The summed E-state index contributed by atoms with van der Waals surface area (Å²) in [5.41, 5.74) is 4.48. The van der Waals surface area contributed by atoms with Crippen LogP contribution in [0.5, 0.6) is 0 Å². The molecule has 2 aromatic rings. The molecule has 0 saturated heterocycles. The number of hydrogen-bond donors (Lipinski definition) is 0. The van der Waals surface area contributed by atoms with Crippen molar-refractivity contribution in [3.63, 3.8) is 0 Å². The van der Waals surface area contributed by atoms with E-state index in [0.717, 1.165) is 28.8 Å². The third-order valence-electron chi connectivity index (χ3n) is 6.39. The maximum Gasteiger partial charge on any atom is 0.410 e. The molecule has 0 aliphatic carbocycles. The minimum atomic E-state index is -0.412. The highest BCUT2D eigenvalue weighted by atomic mass is 16.6. The average Bonchev–Trinajstić information content (AvgIpc) is 3.22. The predicted octanol–water partition coefficient (Wildman–Crippen LogP) is 4.92. The highest BCUT2D eigenvalue weighted by Gasteiger charge is 2.32. The van der Waals surface area contributed by atoms with Crippen LogP contribution in [0.4, 0.5) is 10.5 Å². The lowest BCUT2D eigenvalue weighted by atomic mass is 9.94. The van der Waals surface area contributed by atoms with Crippen LogP contribution in [0.15, 0.2) is 42.5 Å². The van der Waals surface area contributed by atoms with Crippen LogP contribution in [0.1, 0.15) is 67.1 Å². The zero-order valence-corrected chi connectivity index (χ0v) is 19.7. The lowest BCUT2D eigenvalue weighted by Gasteiger charge is -2.34. The molecule has 0 unspecified atom stereocenters. The Labute approximate surface area is 195 Å². The number of Topliss-reactive ketones (excluding diaryl/α,β-unsaturated/α-hetero) is 1. The molecule has 2 aliphatic heterocycles. The van der Waals surface area contributed by atoms with Crippen molar-refractivity contribution in [3.05, 3.63) is 64.7 Å². The van der Waals surface area contributed by atoms with E-state index >= 15 is 0 Å². The summed E-state index contributed by atoms with van der Waals surface area (Å²) in [5, 5.41) is 0. The molecule has 4 rings (SSSR count). The van der Waals surface area contributed by atoms with Crippen LogP contribution in [0.2, 0.25) is 0 Å². The Morgan fingerprint density at radius 1 is 1.03 bits per heavy atom. The van der Waals surface area contributed by atoms with E-state index in [9.17, 15) is 14.4 Å². The topological polar surface area (TPSA) is 66.9 Å². The molecule has 0 atom stereocenters. The molecule has 6 heteroatoms. The van der Waals surface area contributed by atoms with Crippen molar-refractivity contribution in [1.82, 2.24) is 4.90 Å². The van der Waals surface area contributed by atoms with Gasteiger partial charge < -0.3 is 14.5 Å². The molecule has 2 aliphatic rings. The van der Waals surface area contributed by atoms with Crippen molar-refractivity contribution < 1.29 is 19.1 Å². The fourth-order valence-corrected chi connectivity index (χ4v) is 4.66. The van der Waals surface area contributed by atoms with Gasteiger partial charge in [0.15, 0.2) is 5.78 Å². The van der Waals surface area contributed by atoms with Gasteiger partial charge in [-0.05, 0) is 68.9 Å². The van der Waals surface area contributed by atoms with Crippen LogP contribution in [0, 0.1) is 0 Å². The minimum Gasteiger partial charge on any atom is -0.445 e. The highest BCUT2D eigenvalue weighted by Crippen LogP contribution is 2.37. The van der Waals surface area contributed by atoms with Gasteiger partial charge in [0.05, 0.1) is 5.69 Å². The van der Waals surface area contributed by atoms with Crippen molar-refractivity contribution >= 4 is 23.5 Å². The highest BCUT2D eigenvalue weighted by molar-refractivity contribution is 6.02. The van der Waals surface area contributed by atoms with Gasteiger partial charge in [-0.1, -0.05) is 30.3 Å². The summed E-state index contributed by atoms with van der Waals surface area (Å²) >= 11 is 0. The summed E-state index contributed by atoms with van der Waals surface area (Å²) in [7, 11) is 0. The van der Waals surface area contributed by atoms with E-state index < -0.39 is 5.54 Å². The molecule has 0 bridgehead atoms. The fourth-order valence-electron chi connectivity index (χ4n) is 4.66. The third-order valence-corrected chi connectivity index (χ3v) is 6.39. The Hall–Kier alpha value is -3.15. The molecule has 2 amide bonds. The first-order valence-corrected chi connectivity index (χ1v) is 11.7. The van der Waals surface area contributed by atoms with Crippen LogP contribution in [-0.2, 0) is 29.0 Å². The monoisotopic (exact) mass is 448 g/mol. The maximum atomic E-state index is 13.0. The first kappa shape index (κ1) is 23.0. The molecule has 0 radical (unpaired) electrons. The molecule has 174 valence electrons. The number of anilines is 1.